The third kappa shape index (κ3) is 35.4. The van der Waals surface area contributed by atoms with E-state index in [1.54, 1.807) is 0 Å². The molecule has 0 heterocycles. The summed E-state index contributed by atoms with van der Waals surface area (Å²) in [6.45, 7) is 11.1. The van der Waals surface area contributed by atoms with E-state index in [1.807, 2.05) is 23.5 Å². The number of hydrogen-bond acceptors (Lipinski definition) is 6. The Morgan fingerprint density at radius 2 is 0.646 bits per heavy atom. The number of hydrogen-bond donors (Lipinski definition) is 1. The van der Waals surface area contributed by atoms with Crippen LogP contribution in [0.25, 0.3) is 0 Å². The standard InChI is InChI=1S/C41H85BO3S3/c1-6-11-13-15-17-19-21-23-25-27-29-31-33-35-37-47-40(9-4)44-42(43-39(46)8-3)45-41(10-5)48-38-36-34-32-30-28-26-24-22-20-18-16-14-12-7-2/h39-41,46H,6-38H2,1-5H3. The number of thiol groups is 1. The van der Waals surface area contributed by atoms with Gasteiger partial charge in [-0.15, -0.1) is 36.2 Å². The predicted octanol–water partition coefficient (Wildman–Crippen LogP) is 15.6. The van der Waals surface area contributed by atoms with Crippen LogP contribution >= 0.6 is 36.2 Å². The first-order chi connectivity index (χ1) is 23.6. The van der Waals surface area contributed by atoms with Crippen LogP contribution in [0.2, 0.25) is 0 Å². The molecule has 0 radical (unpaired) electrons. The van der Waals surface area contributed by atoms with Crippen LogP contribution in [0.3, 0.4) is 0 Å². The van der Waals surface area contributed by atoms with Gasteiger partial charge in [-0.2, -0.15) is 0 Å². The Morgan fingerprint density at radius 1 is 0.375 bits per heavy atom. The smallest absolute Gasteiger partial charge is 0.374 e. The molecular formula is C41H85BO3S3. The van der Waals surface area contributed by atoms with Crippen LogP contribution in [0.5, 0.6) is 0 Å². The van der Waals surface area contributed by atoms with Gasteiger partial charge in [0, 0.05) is 0 Å². The first-order valence-corrected chi connectivity index (χ1v) is 24.1. The lowest BCUT2D eigenvalue weighted by Gasteiger charge is -2.26. The number of rotatable bonds is 41. The summed E-state index contributed by atoms with van der Waals surface area (Å²) in [5.41, 5.74) is 0.0296. The summed E-state index contributed by atoms with van der Waals surface area (Å²) in [4.78, 5) is 0. The van der Waals surface area contributed by atoms with Gasteiger partial charge < -0.3 is 14.0 Å². The van der Waals surface area contributed by atoms with Crippen LogP contribution in [0.4, 0.5) is 0 Å². The van der Waals surface area contributed by atoms with Crippen molar-refractivity contribution in [1.82, 2.24) is 0 Å². The molecular weight excluding hydrogens is 647 g/mol. The van der Waals surface area contributed by atoms with Crippen molar-refractivity contribution in [2.75, 3.05) is 11.5 Å². The molecule has 3 nitrogen and oxygen atoms in total. The zero-order valence-corrected chi connectivity index (χ0v) is 35.7. The summed E-state index contributed by atoms with van der Waals surface area (Å²) in [6, 6.07) is 0. The maximum Gasteiger partial charge on any atom is 0.641 e. The van der Waals surface area contributed by atoms with Crippen molar-refractivity contribution in [2.45, 2.75) is 250 Å². The van der Waals surface area contributed by atoms with Gasteiger partial charge in [-0.05, 0) is 43.6 Å². The van der Waals surface area contributed by atoms with Crippen molar-refractivity contribution in [1.29, 1.82) is 0 Å². The van der Waals surface area contributed by atoms with E-state index in [2.05, 4.69) is 47.2 Å². The first-order valence-electron chi connectivity index (χ1n) is 21.5. The highest BCUT2D eigenvalue weighted by molar-refractivity contribution is 8.00. The summed E-state index contributed by atoms with van der Waals surface area (Å²) in [6.07, 6.45) is 42.0. The normalized spacial score (nSPS) is 13.6. The highest BCUT2D eigenvalue weighted by atomic mass is 32.2. The molecule has 48 heavy (non-hydrogen) atoms. The molecule has 0 bridgehead atoms. The van der Waals surface area contributed by atoms with Crippen LogP contribution < -0.4 is 0 Å². The third-order valence-corrected chi connectivity index (χ3v) is 12.6. The van der Waals surface area contributed by atoms with E-state index in [-0.39, 0.29) is 16.3 Å². The first kappa shape index (κ1) is 49.0. The zero-order valence-electron chi connectivity index (χ0n) is 33.1. The largest absolute Gasteiger partial charge is 0.641 e. The number of unbranched alkanes of at least 4 members (excludes halogenated alkanes) is 26. The van der Waals surface area contributed by atoms with Gasteiger partial charge in [0.2, 0.25) is 0 Å². The molecule has 0 aliphatic heterocycles. The Morgan fingerprint density at radius 3 is 0.896 bits per heavy atom. The molecule has 0 aliphatic carbocycles. The van der Waals surface area contributed by atoms with E-state index < -0.39 is 7.32 Å². The van der Waals surface area contributed by atoms with Gasteiger partial charge in [-0.25, -0.2) is 0 Å². The fourth-order valence-corrected chi connectivity index (χ4v) is 8.27. The third-order valence-electron chi connectivity index (χ3n) is 9.41. The minimum atomic E-state index is -0.643. The van der Waals surface area contributed by atoms with Crippen LogP contribution in [0.15, 0.2) is 0 Å². The van der Waals surface area contributed by atoms with E-state index in [0.717, 1.165) is 30.8 Å². The van der Waals surface area contributed by atoms with Gasteiger partial charge in [0.25, 0.3) is 0 Å². The Bertz CT molecular complexity index is 559. The quantitative estimate of drug-likeness (QED) is 0.0292. The lowest BCUT2D eigenvalue weighted by atomic mass is 10.0. The maximum atomic E-state index is 6.41. The molecule has 0 fully saturated rings. The summed E-state index contributed by atoms with van der Waals surface area (Å²) in [5.74, 6) is 2.29. The molecule has 3 atom stereocenters. The summed E-state index contributed by atoms with van der Waals surface area (Å²) >= 11 is 8.47. The van der Waals surface area contributed by atoms with Crippen molar-refractivity contribution in [3.8, 4) is 0 Å². The highest BCUT2D eigenvalue weighted by Crippen LogP contribution is 2.25. The molecule has 0 aromatic rings. The van der Waals surface area contributed by atoms with Crippen LogP contribution in [-0.2, 0) is 14.0 Å². The fourth-order valence-electron chi connectivity index (χ4n) is 6.10. The van der Waals surface area contributed by atoms with Crippen LogP contribution in [-0.4, -0.2) is 35.1 Å². The minimum absolute atomic E-state index is 0.0997. The van der Waals surface area contributed by atoms with Crippen LogP contribution in [0, 0.1) is 0 Å². The van der Waals surface area contributed by atoms with Gasteiger partial charge >= 0.3 is 7.32 Å². The second-order valence-corrected chi connectivity index (χ2v) is 17.3. The van der Waals surface area contributed by atoms with Gasteiger partial charge in [-0.1, -0.05) is 202 Å². The molecule has 3 unspecified atom stereocenters. The van der Waals surface area contributed by atoms with Gasteiger partial charge in [0.15, 0.2) is 0 Å². The Balaban J connectivity index is 4.03. The molecule has 0 spiro atoms. The highest BCUT2D eigenvalue weighted by Gasteiger charge is 2.31. The predicted molar refractivity (Wildman–Crippen MR) is 226 cm³/mol. The molecule has 0 aromatic carbocycles. The van der Waals surface area contributed by atoms with Crippen LogP contribution in [0.1, 0.15) is 234 Å². The molecule has 7 heteroatoms. The molecule has 288 valence electrons. The fraction of sp³-hybridized carbons (Fsp3) is 1.00. The van der Waals surface area contributed by atoms with E-state index in [9.17, 15) is 0 Å². The second kappa shape index (κ2) is 40.8. The van der Waals surface area contributed by atoms with E-state index >= 15 is 0 Å². The average Bonchev–Trinajstić information content (AvgIpc) is 3.10. The zero-order chi connectivity index (χ0) is 35.2. The SMILES string of the molecule is CCCCCCCCCCCCCCCCSC(CC)OB(OC(S)CC)OC(CC)SCCCCCCCCCCCCCCCC. The number of thioether (sulfide) groups is 2. The summed E-state index contributed by atoms with van der Waals surface area (Å²) in [7, 11) is -0.643. The lowest BCUT2D eigenvalue weighted by Crippen LogP contribution is -2.36. The van der Waals surface area contributed by atoms with Crippen molar-refractivity contribution >= 4 is 43.5 Å². The molecule has 0 aliphatic rings. The Hall–Kier alpha value is 0.995. The molecule has 0 saturated heterocycles. The van der Waals surface area contributed by atoms with Gasteiger partial charge in [-0.3, -0.25) is 0 Å². The van der Waals surface area contributed by atoms with Gasteiger partial charge in [0.1, 0.15) is 0 Å². The van der Waals surface area contributed by atoms with E-state index in [0.29, 0.717) is 0 Å². The summed E-state index contributed by atoms with van der Waals surface area (Å²) < 4.78 is 18.9. The van der Waals surface area contributed by atoms with Crippen molar-refractivity contribution in [3.05, 3.63) is 0 Å². The van der Waals surface area contributed by atoms with E-state index in [1.165, 1.54) is 180 Å². The van der Waals surface area contributed by atoms with Crippen molar-refractivity contribution in [3.63, 3.8) is 0 Å². The van der Waals surface area contributed by atoms with Crippen molar-refractivity contribution < 1.29 is 14.0 Å². The monoisotopic (exact) mass is 733 g/mol. The molecule has 0 rings (SSSR count). The van der Waals surface area contributed by atoms with Gasteiger partial charge in [0.05, 0.1) is 16.3 Å². The second-order valence-electron chi connectivity index (χ2n) is 14.2. The Labute approximate surface area is 317 Å². The minimum Gasteiger partial charge on any atom is -0.374 e. The topological polar surface area (TPSA) is 27.7 Å². The Kier molecular flexibility index (Phi) is 41.6. The maximum absolute atomic E-state index is 6.41. The molecule has 0 N–H and O–H groups in total. The lowest BCUT2D eigenvalue weighted by molar-refractivity contribution is 0.0671. The molecule has 0 amide bonds. The summed E-state index contributed by atoms with van der Waals surface area (Å²) in [5, 5.41) is 0. The van der Waals surface area contributed by atoms with Crippen molar-refractivity contribution in [2.24, 2.45) is 0 Å². The van der Waals surface area contributed by atoms with E-state index in [4.69, 9.17) is 14.0 Å². The molecule has 0 saturated carbocycles. The molecule has 0 aromatic heterocycles. The average molecular weight is 733 g/mol.